The third kappa shape index (κ3) is 4.39. The molecule has 0 saturated heterocycles. The van der Waals surface area contributed by atoms with Crippen LogP contribution in [-0.4, -0.2) is 19.1 Å². The molecule has 0 aliphatic carbocycles. The Morgan fingerprint density at radius 3 is 2.43 bits per heavy atom. The summed E-state index contributed by atoms with van der Waals surface area (Å²) in [6.07, 6.45) is -0.628. The van der Waals surface area contributed by atoms with Gasteiger partial charge in [0.25, 0.3) is 5.91 Å². The number of ether oxygens (including phenoxy) is 2. The molecule has 4 nitrogen and oxygen atoms in total. The molecule has 0 saturated carbocycles. The highest BCUT2D eigenvalue weighted by atomic mass is 35.5. The number of rotatable bonds is 5. The van der Waals surface area contributed by atoms with Gasteiger partial charge in [-0.25, -0.2) is 0 Å². The lowest BCUT2D eigenvalue weighted by Gasteiger charge is -2.17. The molecule has 1 atom stereocenters. The van der Waals surface area contributed by atoms with Gasteiger partial charge >= 0.3 is 0 Å². The molecule has 0 bridgehead atoms. The Kier molecular flexibility index (Phi) is 5.50. The molecule has 0 heterocycles. The standard InChI is InChI=1S/C18H20ClNO3/c1-11-5-7-16(12(2)9-11)23-13(3)18(21)20-14-6-8-17(22-4)15(19)10-14/h5-10,13H,1-4H3,(H,20,21)/t13-/m1/s1. The number of benzene rings is 2. The molecule has 0 spiro atoms. The maximum atomic E-state index is 12.3. The molecule has 0 aromatic heterocycles. The van der Waals surface area contributed by atoms with Crippen LogP contribution in [0.1, 0.15) is 18.1 Å². The van der Waals surface area contributed by atoms with Crippen molar-refractivity contribution in [3.63, 3.8) is 0 Å². The van der Waals surface area contributed by atoms with E-state index in [9.17, 15) is 4.79 Å². The summed E-state index contributed by atoms with van der Waals surface area (Å²) >= 11 is 6.05. The normalized spacial score (nSPS) is 11.7. The Morgan fingerprint density at radius 2 is 1.83 bits per heavy atom. The van der Waals surface area contributed by atoms with Crippen LogP contribution in [-0.2, 0) is 4.79 Å². The predicted octanol–water partition coefficient (Wildman–Crippen LogP) is 4.37. The van der Waals surface area contributed by atoms with Crippen LogP contribution in [0.4, 0.5) is 5.69 Å². The Hall–Kier alpha value is -2.20. The van der Waals surface area contributed by atoms with Crippen molar-refractivity contribution >= 4 is 23.2 Å². The number of carbonyl (C=O) groups is 1. The Morgan fingerprint density at radius 1 is 1.13 bits per heavy atom. The van der Waals surface area contributed by atoms with Gasteiger partial charge in [-0.2, -0.15) is 0 Å². The van der Waals surface area contributed by atoms with Gasteiger partial charge in [-0.15, -0.1) is 0 Å². The maximum absolute atomic E-state index is 12.3. The molecule has 0 radical (unpaired) electrons. The first-order valence-electron chi connectivity index (χ1n) is 7.29. The first-order valence-corrected chi connectivity index (χ1v) is 7.67. The zero-order chi connectivity index (χ0) is 17.0. The monoisotopic (exact) mass is 333 g/mol. The number of amides is 1. The van der Waals surface area contributed by atoms with E-state index in [2.05, 4.69) is 5.32 Å². The number of methoxy groups -OCH3 is 1. The van der Waals surface area contributed by atoms with Gasteiger partial charge in [0.1, 0.15) is 11.5 Å². The van der Waals surface area contributed by atoms with Gasteiger partial charge in [0.15, 0.2) is 6.10 Å². The molecular formula is C18H20ClNO3. The fourth-order valence-electron chi connectivity index (χ4n) is 2.16. The van der Waals surface area contributed by atoms with Gasteiger partial charge in [-0.05, 0) is 50.6 Å². The number of carbonyl (C=O) groups excluding carboxylic acids is 1. The minimum Gasteiger partial charge on any atom is -0.495 e. The molecule has 0 fully saturated rings. The first-order chi connectivity index (χ1) is 10.9. The molecule has 122 valence electrons. The Bertz CT molecular complexity index is 715. The van der Waals surface area contributed by atoms with E-state index in [0.29, 0.717) is 22.2 Å². The first kappa shape index (κ1) is 17.2. The van der Waals surface area contributed by atoms with E-state index < -0.39 is 6.10 Å². The summed E-state index contributed by atoms with van der Waals surface area (Å²) in [6, 6.07) is 10.9. The van der Waals surface area contributed by atoms with Crippen molar-refractivity contribution < 1.29 is 14.3 Å². The van der Waals surface area contributed by atoms with E-state index in [-0.39, 0.29) is 5.91 Å². The summed E-state index contributed by atoms with van der Waals surface area (Å²) in [7, 11) is 1.54. The van der Waals surface area contributed by atoms with Crippen molar-refractivity contribution in [3.8, 4) is 11.5 Å². The van der Waals surface area contributed by atoms with Gasteiger partial charge < -0.3 is 14.8 Å². The minimum absolute atomic E-state index is 0.244. The van der Waals surface area contributed by atoms with Crippen LogP contribution in [0.25, 0.3) is 0 Å². The summed E-state index contributed by atoms with van der Waals surface area (Å²) in [5.41, 5.74) is 2.74. The van der Waals surface area contributed by atoms with Crippen molar-refractivity contribution in [2.45, 2.75) is 26.9 Å². The fraction of sp³-hybridized carbons (Fsp3) is 0.278. The molecule has 0 unspecified atom stereocenters. The highest BCUT2D eigenvalue weighted by Gasteiger charge is 2.16. The highest BCUT2D eigenvalue weighted by Crippen LogP contribution is 2.27. The second-order valence-electron chi connectivity index (χ2n) is 5.37. The van der Waals surface area contributed by atoms with E-state index in [1.807, 2.05) is 32.0 Å². The number of nitrogens with one attached hydrogen (secondary N) is 1. The van der Waals surface area contributed by atoms with Gasteiger partial charge in [0, 0.05) is 5.69 Å². The summed E-state index contributed by atoms with van der Waals surface area (Å²) in [6.45, 7) is 5.68. The molecule has 0 aliphatic rings. The molecule has 2 rings (SSSR count). The Balaban J connectivity index is 2.03. The number of aryl methyl sites for hydroxylation is 2. The lowest BCUT2D eigenvalue weighted by molar-refractivity contribution is -0.122. The number of anilines is 1. The zero-order valence-electron chi connectivity index (χ0n) is 13.6. The van der Waals surface area contributed by atoms with E-state index in [0.717, 1.165) is 11.1 Å². The second-order valence-corrected chi connectivity index (χ2v) is 5.77. The van der Waals surface area contributed by atoms with E-state index in [4.69, 9.17) is 21.1 Å². The summed E-state index contributed by atoms with van der Waals surface area (Å²) in [4.78, 5) is 12.3. The summed E-state index contributed by atoms with van der Waals surface area (Å²) < 4.78 is 10.8. The van der Waals surface area contributed by atoms with Gasteiger partial charge in [-0.1, -0.05) is 29.3 Å². The maximum Gasteiger partial charge on any atom is 0.265 e. The molecule has 1 N–H and O–H groups in total. The van der Waals surface area contributed by atoms with Crippen molar-refractivity contribution in [1.82, 2.24) is 0 Å². The third-order valence-electron chi connectivity index (χ3n) is 3.42. The van der Waals surface area contributed by atoms with Crippen LogP contribution in [0.3, 0.4) is 0 Å². The average molecular weight is 334 g/mol. The van der Waals surface area contributed by atoms with Crippen molar-refractivity contribution in [2.75, 3.05) is 12.4 Å². The largest absolute Gasteiger partial charge is 0.495 e. The number of hydrogen-bond acceptors (Lipinski definition) is 3. The van der Waals surface area contributed by atoms with Crippen LogP contribution in [0.5, 0.6) is 11.5 Å². The predicted molar refractivity (Wildman–Crippen MR) is 92.6 cm³/mol. The molecule has 23 heavy (non-hydrogen) atoms. The van der Waals surface area contributed by atoms with Crippen LogP contribution >= 0.6 is 11.6 Å². The lowest BCUT2D eigenvalue weighted by Crippen LogP contribution is -2.30. The zero-order valence-corrected chi connectivity index (χ0v) is 14.4. The number of halogens is 1. The van der Waals surface area contributed by atoms with Crippen molar-refractivity contribution in [3.05, 3.63) is 52.5 Å². The molecule has 5 heteroatoms. The van der Waals surface area contributed by atoms with Crippen molar-refractivity contribution in [1.29, 1.82) is 0 Å². The van der Waals surface area contributed by atoms with E-state index in [1.165, 1.54) is 0 Å². The van der Waals surface area contributed by atoms with Gasteiger partial charge in [0.05, 0.1) is 12.1 Å². The lowest BCUT2D eigenvalue weighted by atomic mass is 10.1. The smallest absolute Gasteiger partial charge is 0.265 e. The summed E-state index contributed by atoms with van der Waals surface area (Å²) in [5.74, 6) is 1.02. The molecular weight excluding hydrogens is 314 g/mol. The molecule has 2 aromatic carbocycles. The van der Waals surface area contributed by atoms with Crippen molar-refractivity contribution in [2.24, 2.45) is 0 Å². The molecule has 2 aromatic rings. The molecule has 0 aliphatic heterocycles. The van der Waals surface area contributed by atoms with Crippen LogP contribution in [0.15, 0.2) is 36.4 Å². The molecule has 1 amide bonds. The SMILES string of the molecule is COc1ccc(NC(=O)[C@@H](C)Oc2ccc(C)cc2C)cc1Cl. The van der Waals surface area contributed by atoms with E-state index in [1.54, 1.807) is 32.2 Å². The average Bonchev–Trinajstić information content (AvgIpc) is 2.50. The topological polar surface area (TPSA) is 47.6 Å². The number of hydrogen-bond donors (Lipinski definition) is 1. The Labute approximate surface area is 141 Å². The van der Waals surface area contributed by atoms with Crippen LogP contribution < -0.4 is 14.8 Å². The van der Waals surface area contributed by atoms with Gasteiger partial charge in [0.2, 0.25) is 0 Å². The van der Waals surface area contributed by atoms with Crippen LogP contribution in [0.2, 0.25) is 5.02 Å². The summed E-state index contributed by atoms with van der Waals surface area (Å²) in [5, 5.41) is 3.22. The highest BCUT2D eigenvalue weighted by molar-refractivity contribution is 6.32. The van der Waals surface area contributed by atoms with E-state index >= 15 is 0 Å². The second kappa shape index (κ2) is 7.38. The van der Waals surface area contributed by atoms with Gasteiger partial charge in [-0.3, -0.25) is 4.79 Å². The minimum atomic E-state index is -0.628. The third-order valence-corrected chi connectivity index (χ3v) is 3.72. The fourth-order valence-corrected chi connectivity index (χ4v) is 2.42. The van der Waals surface area contributed by atoms with Crippen LogP contribution in [0, 0.1) is 13.8 Å². The quantitative estimate of drug-likeness (QED) is 0.883.